The molecule has 2 atom stereocenters. The van der Waals surface area contributed by atoms with Crippen molar-refractivity contribution in [3.05, 3.63) is 17.7 Å². The zero-order valence-electron chi connectivity index (χ0n) is 12.1. The highest BCUT2D eigenvalue weighted by molar-refractivity contribution is 6.21. The van der Waals surface area contributed by atoms with Crippen LogP contribution in [0.1, 0.15) is 33.3 Å². The molecule has 20 heavy (non-hydrogen) atoms. The van der Waals surface area contributed by atoms with Gasteiger partial charge in [0.15, 0.2) is 0 Å². The molecule has 2 heterocycles. The van der Waals surface area contributed by atoms with Crippen LogP contribution in [-0.2, 0) is 15.0 Å². The molecule has 5 nitrogen and oxygen atoms in total. The lowest BCUT2D eigenvalue weighted by molar-refractivity contribution is -0.130. The molecular weight excluding hydrogens is 254 g/mol. The molecule has 0 spiro atoms. The maximum atomic E-state index is 12.1. The average Bonchev–Trinajstić information content (AvgIpc) is 2.88. The van der Waals surface area contributed by atoms with Crippen LogP contribution in [0.5, 0.6) is 0 Å². The number of rotatable bonds is 2. The normalized spacial score (nSPS) is 26.6. The van der Waals surface area contributed by atoms with E-state index in [2.05, 4.69) is 29.8 Å². The van der Waals surface area contributed by atoms with E-state index in [9.17, 15) is 9.59 Å². The molecule has 0 bridgehead atoms. The summed E-state index contributed by atoms with van der Waals surface area (Å²) < 4.78 is 0. The van der Waals surface area contributed by atoms with Gasteiger partial charge in [-0.25, -0.2) is 0 Å². The summed E-state index contributed by atoms with van der Waals surface area (Å²) >= 11 is 0. The van der Waals surface area contributed by atoms with E-state index >= 15 is 0 Å². The van der Waals surface area contributed by atoms with Gasteiger partial charge < -0.3 is 16.0 Å². The quantitative estimate of drug-likeness (QED) is 0.723. The highest BCUT2D eigenvalue weighted by Gasteiger charge is 2.47. The Kier molecular flexibility index (Phi) is 2.58. The molecule has 1 aromatic carbocycles. The van der Waals surface area contributed by atoms with E-state index in [1.165, 1.54) is 6.92 Å². The average molecular weight is 273 g/mol. The van der Waals surface area contributed by atoms with Gasteiger partial charge in [-0.15, -0.1) is 0 Å². The van der Waals surface area contributed by atoms with Crippen molar-refractivity contribution in [1.29, 1.82) is 0 Å². The number of fused-ring (bicyclic) bond motifs is 2. The largest absolute Gasteiger partial charge is 0.363 e. The predicted molar refractivity (Wildman–Crippen MR) is 79.0 cm³/mol. The molecule has 2 unspecified atom stereocenters. The number of Topliss-reactive ketones (excluding diaryl/α,β-unsaturated/α-hetero) is 1. The molecule has 2 aliphatic rings. The van der Waals surface area contributed by atoms with Gasteiger partial charge in [-0.05, 0) is 31.9 Å². The molecule has 0 saturated heterocycles. The van der Waals surface area contributed by atoms with E-state index in [4.69, 9.17) is 0 Å². The van der Waals surface area contributed by atoms with Gasteiger partial charge in [-0.3, -0.25) is 9.59 Å². The van der Waals surface area contributed by atoms with Crippen molar-refractivity contribution in [3.8, 4) is 0 Å². The molecule has 2 aliphatic heterocycles. The summed E-state index contributed by atoms with van der Waals surface area (Å²) in [5.74, 6) is 0.0511. The summed E-state index contributed by atoms with van der Waals surface area (Å²) in [5, 5.41) is 9.60. The van der Waals surface area contributed by atoms with E-state index in [0.717, 1.165) is 22.6 Å². The first kappa shape index (κ1) is 13.0. The highest BCUT2D eigenvalue weighted by atomic mass is 16.2. The van der Waals surface area contributed by atoms with Gasteiger partial charge in [0.1, 0.15) is 11.2 Å². The fourth-order valence-electron chi connectivity index (χ4n) is 2.78. The van der Waals surface area contributed by atoms with Gasteiger partial charge in [0, 0.05) is 11.3 Å². The van der Waals surface area contributed by atoms with Crippen LogP contribution in [-0.4, -0.2) is 17.9 Å². The summed E-state index contributed by atoms with van der Waals surface area (Å²) in [6.45, 7) is 7.41. The van der Waals surface area contributed by atoms with Crippen molar-refractivity contribution in [2.45, 2.75) is 39.3 Å². The number of carbonyl (C=O) groups excluding carboxylic acids is 2. The van der Waals surface area contributed by atoms with Crippen LogP contribution in [0.15, 0.2) is 12.1 Å². The molecule has 0 aliphatic carbocycles. The highest BCUT2D eigenvalue weighted by Crippen LogP contribution is 2.44. The summed E-state index contributed by atoms with van der Waals surface area (Å²) in [5.41, 5.74) is 2.32. The Morgan fingerprint density at radius 1 is 1.20 bits per heavy atom. The van der Waals surface area contributed by atoms with Gasteiger partial charge in [0.25, 0.3) is 0 Å². The third kappa shape index (κ3) is 1.55. The summed E-state index contributed by atoms with van der Waals surface area (Å²) in [4.78, 5) is 24.0. The maximum absolute atomic E-state index is 12.1. The first-order valence-electron chi connectivity index (χ1n) is 6.88. The molecule has 106 valence electrons. The Bertz CT molecular complexity index is 624. The Morgan fingerprint density at radius 3 is 2.35 bits per heavy atom. The van der Waals surface area contributed by atoms with Crippen LogP contribution < -0.4 is 16.0 Å². The van der Waals surface area contributed by atoms with Crippen molar-refractivity contribution in [2.75, 3.05) is 16.0 Å². The smallest absolute Gasteiger partial charge is 0.242 e. The molecule has 0 fully saturated rings. The van der Waals surface area contributed by atoms with Gasteiger partial charge in [0.2, 0.25) is 5.91 Å². The van der Waals surface area contributed by atoms with Gasteiger partial charge >= 0.3 is 0 Å². The second kappa shape index (κ2) is 3.98. The first-order chi connectivity index (χ1) is 9.34. The third-order valence-electron chi connectivity index (χ3n) is 4.39. The lowest BCUT2D eigenvalue weighted by Gasteiger charge is -2.18. The molecule has 0 aromatic heterocycles. The number of hydrogen-bond donors (Lipinski definition) is 3. The van der Waals surface area contributed by atoms with Crippen molar-refractivity contribution in [1.82, 2.24) is 0 Å². The minimum atomic E-state index is -1.08. The molecule has 3 N–H and O–H groups in total. The van der Waals surface area contributed by atoms with Crippen LogP contribution in [0, 0.1) is 5.92 Å². The Hall–Kier alpha value is -2.04. The Morgan fingerprint density at radius 2 is 1.80 bits per heavy atom. The zero-order valence-corrected chi connectivity index (χ0v) is 12.1. The van der Waals surface area contributed by atoms with Crippen LogP contribution in [0.25, 0.3) is 0 Å². The van der Waals surface area contributed by atoms with Crippen molar-refractivity contribution in [2.24, 2.45) is 5.92 Å². The summed E-state index contributed by atoms with van der Waals surface area (Å²) in [6.07, 6.45) is 0.173. The van der Waals surface area contributed by atoms with Crippen molar-refractivity contribution < 1.29 is 9.59 Å². The van der Waals surface area contributed by atoms with Crippen LogP contribution in [0.3, 0.4) is 0 Å². The second-order valence-corrected chi connectivity index (χ2v) is 6.09. The second-order valence-electron chi connectivity index (χ2n) is 6.09. The summed E-state index contributed by atoms with van der Waals surface area (Å²) in [6, 6.07) is 3.82. The number of nitrogens with one attached hydrogen (secondary N) is 3. The molecule has 0 radical (unpaired) electrons. The number of ketones is 1. The van der Waals surface area contributed by atoms with Gasteiger partial charge in [-0.1, -0.05) is 13.8 Å². The van der Waals surface area contributed by atoms with Crippen LogP contribution >= 0.6 is 0 Å². The Balaban J connectivity index is 2.07. The predicted octanol–water partition coefficient (Wildman–Crippen LogP) is 2.30. The molecule has 0 saturated carbocycles. The number of carbonyl (C=O) groups is 2. The van der Waals surface area contributed by atoms with E-state index in [1.54, 1.807) is 6.92 Å². The SMILES string of the molecule is CC(=O)C1(C)C(=O)Nc2cc3c(cc21)NC(C(C)C)N3. The number of amides is 1. The van der Waals surface area contributed by atoms with Crippen molar-refractivity contribution >= 4 is 28.8 Å². The lowest BCUT2D eigenvalue weighted by Crippen LogP contribution is -2.37. The third-order valence-corrected chi connectivity index (χ3v) is 4.39. The maximum Gasteiger partial charge on any atom is 0.242 e. The van der Waals surface area contributed by atoms with Gasteiger partial charge in [-0.2, -0.15) is 0 Å². The number of hydrogen-bond acceptors (Lipinski definition) is 4. The van der Waals surface area contributed by atoms with Gasteiger partial charge in [0.05, 0.1) is 17.5 Å². The molecule has 5 heteroatoms. The Labute approximate surface area is 118 Å². The molecule has 1 amide bonds. The molecular formula is C15H19N3O2. The molecule has 1 aromatic rings. The fourth-order valence-corrected chi connectivity index (χ4v) is 2.78. The standard InChI is InChI=1S/C15H19N3O2/c1-7(2)13-16-11-5-9-10(6-12(11)17-13)18-14(20)15(9,4)8(3)19/h5-7,13,16-17H,1-4H3,(H,18,20). The monoisotopic (exact) mass is 273 g/mol. The molecule has 3 rings (SSSR count). The minimum Gasteiger partial charge on any atom is -0.363 e. The first-order valence-corrected chi connectivity index (χ1v) is 6.88. The van der Waals surface area contributed by atoms with E-state index in [1.807, 2.05) is 12.1 Å². The van der Waals surface area contributed by atoms with E-state index in [0.29, 0.717) is 5.92 Å². The lowest BCUT2D eigenvalue weighted by atomic mass is 9.80. The zero-order chi connectivity index (χ0) is 14.7. The van der Waals surface area contributed by atoms with E-state index in [-0.39, 0.29) is 17.9 Å². The van der Waals surface area contributed by atoms with E-state index < -0.39 is 5.41 Å². The topological polar surface area (TPSA) is 70.2 Å². The number of benzene rings is 1. The minimum absolute atomic E-state index is 0.139. The van der Waals surface area contributed by atoms with Crippen molar-refractivity contribution in [3.63, 3.8) is 0 Å². The van der Waals surface area contributed by atoms with Crippen LogP contribution in [0.4, 0.5) is 17.1 Å². The fraction of sp³-hybridized carbons (Fsp3) is 0.467. The van der Waals surface area contributed by atoms with Crippen LogP contribution in [0.2, 0.25) is 0 Å². The number of anilines is 3. The summed E-state index contributed by atoms with van der Waals surface area (Å²) in [7, 11) is 0.